The second kappa shape index (κ2) is 5.50. The van der Waals surface area contributed by atoms with Gasteiger partial charge in [-0.1, -0.05) is 0 Å². The highest BCUT2D eigenvalue weighted by Gasteiger charge is 2.04. The van der Waals surface area contributed by atoms with E-state index in [1.807, 2.05) is 0 Å². The zero-order valence-corrected chi connectivity index (χ0v) is 9.64. The molecule has 0 aliphatic carbocycles. The number of aromatic nitrogens is 1. The van der Waals surface area contributed by atoms with Gasteiger partial charge in [-0.25, -0.2) is 9.78 Å². The number of carbonyl (C=O) groups is 1. The maximum Gasteiger partial charge on any atom is 0.328 e. The molecule has 80 valence electrons. The first kappa shape index (κ1) is 11.7. The fourth-order valence-corrected chi connectivity index (χ4v) is 1.26. The summed E-state index contributed by atoms with van der Waals surface area (Å²) in [6.45, 7) is 1.75. The number of hydrogen-bond acceptors (Lipinski definition) is 3. The summed E-state index contributed by atoms with van der Waals surface area (Å²) in [4.78, 5) is 14.2. The number of nitrogens with zero attached hydrogens (tertiary/aromatic N) is 1. The fourth-order valence-electron chi connectivity index (χ4n) is 0.917. The predicted molar refractivity (Wildman–Crippen MR) is 58.8 cm³/mol. The molecule has 1 rings (SSSR count). The predicted octanol–water partition coefficient (Wildman–Crippen LogP) is 2.25. The van der Waals surface area contributed by atoms with Crippen molar-refractivity contribution in [1.82, 2.24) is 4.98 Å². The lowest BCUT2D eigenvalue weighted by molar-refractivity contribution is -0.131. The molecule has 1 aromatic heterocycles. The van der Waals surface area contributed by atoms with Crippen LogP contribution in [0.4, 0.5) is 0 Å². The zero-order chi connectivity index (χ0) is 11.3. The Morgan fingerprint density at radius 2 is 2.47 bits per heavy atom. The molecular formula is C10H10BrNO3. The van der Waals surface area contributed by atoms with Gasteiger partial charge in [0.2, 0.25) is 0 Å². The first-order valence-electron chi connectivity index (χ1n) is 4.28. The van der Waals surface area contributed by atoms with Gasteiger partial charge in [-0.3, -0.25) is 0 Å². The highest BCUT2D eigenvalue weighted by Crippen LogP contribution is 2.22. The number of aliphatic carboxylic acids is 1. The molecule has 0 aliphatic heterocycles. The van der Waals surface area contributed by atoms with E-state index >= 15 is 0 Å². The van der Waals surface area contributed by atoms with Crippen LogP contribution in [-0.2, 0) is 4.79 Å². The van der Waals surface area contributed by atoms with E-state index in [1.165, 1.54) is 6.08 Å². The van der Waals surface area contributed by atoms with Crippen molar-refractivity contribution in [2.24, 2.45) is 0 Å². The Bertz CT molecular complexity index is 379. The van der Waals surface area contributed by atoms with Crippen molar-refractivity contribution in [3.63, 3.8) is 0 Å². The van der Waals surface area contributed by atoms with Crippen LogP contribution >= 0.6 is 15.9 Å². The Morgan fingerprint density at radius 3 is 3.07 bits per heavy atom. The van der Waals surface area contributed by atoms with Crippen LogP contribution < -0.4 is 4.74 Å². The van der Waals surface area contributed by atoms with Crippen molar-refractivity contribution in [2.75, 3.05) is 0 Å². The van der Waals surface area contributed by atoms with E-state index in [0.29, 0.717) is 10.4 Å². The van der Waals surface area contributed by atoms with Crippen molar-refractivity contribution < 1.29 is 14.6 Å². The van der Waals surface area contributed by atoms with E-state index in [0.717, 1.165) is 6.08 Å². The van der Waals surface area contributed by atoms with Crippen molar-refractivity contribution in [3.8, 4) is 5.75 Å². The number of ether oxygens (including phenoxy) is 1. The van der Waals surface area contributed by atoms with Crippen LogP contribution in [0.2, 0.25) is 0 Å². The molecule has 15 heavy (non-hydrogen) atoms. The molecule has 1 heterocycles. The number of halogens is 1. The summed E-state index contributed by atoms with van der Waals surface area (Å²) in [6.07, 6.45) is 3.83. The monoisotopic (exact) mass is 271 g/mol. The Labute approximate surface area is 95.7 Å². The zero-order valence-electron chi connectivity index (χ0n) is 8.05. The Hall–Kier alpha value is -1.36. The van der Waals surface area contributed by atoms with Gasteiger partial charge in [0.1, 0.15) is 10.7 Å². The lowest BCUT2D eigenvalue weighted by Crippen LogP contribution is -2.09. The first-order chi connectivity index (χ1) is 7.09. The topological polar surface area (TPSA) is 59.4 Å². The second-order valence-corrected chi connectivity index (χ2v) is 3.56. The summed E-state index contributed by atoms with van der Waals surface area (Å²) in [5.41, 5.74) is 0. The highest BCUT2D eigenvalue weighted by atomic mass is 79.9. The average molecular weight is 272 g/mol. The van der Waals surface area contributed by atoms with E-state index in [2.05, 4.69) is 20.9 Å². The van der Waals surface area contributed by atoms with Crippen molar-refractivity contribution >= 4 is 21.9 Å². The van der Waals surface area contributed by atoms with Crippen LogP contribution in [0.5, 0.6) is 5.75 Å². The van der Waals surface area contributed by atoms with Gasteiger partial charge >= 0.3 is 5.97 Å². The van der Waals surface area contributed by atoms with Gasteiger partial charge in [0.05, 0.1) is 0 Å². The Morgan fingerprint density at radius 1 is 1.73 bits per heavy atom. The molecule has 0 spiro atoms. The molecule has 0 amide bonds. The molecular weight excluding hydrogens is 262 g/mol. The molecule has 0 bridgehead atoms. The van der Waals surface area contributed by atoms with Crippen LogP contribution in [0.3, 0.4) is 0 Å². The Kier molecular flexibility index (Phi) is 4.30. The minimum atomic E-state index is -0.990. The summed E-state index contributed by atoms with van der Waals surface area (Å²) in [6, 6.07) is 3.50. The molecule has 1 atom stereocenters. The maximum atomic E-state index is 10.3. The summed E-state index contributed by atoms with van der Waals surface area (Å²) in [5.74, 6) is -0.407. The molecule has 0 radical (unpaired) electrons. The van der Waals surface area contributed by atoms with Gasteiger partial charge in [-0.15, -0.1) is 0 Å². The molecule has 0 aliphatic rings. The van der Waals surface area contributed by atoms with Crippen LogP contribution in [0.25, 0.3) is 0 Å². The quantitative estimate of drug-likeness (QED) is 0.674. The third-order valence-electron chi connectivity index (χ3n) is 1.55. The summed E-state index contributed by atoms with van der Waals surface area (Å²) >= 11 is 3.23. The third kappa shape index (κ3) is 4.12. The highest BCUT2D eigenvalue weighted by molar-refractivity contribution is 9.10. The number of carboxylic acid groups (broad SMARTS) is 1. The van der Waals surface area contributed by atoms with Crippen LogP contribution in [-0.4, -0.2) is 22.2 Å². The SMILES string of the molecule is C[C@H](/C=C/C(=O)O)Oc1cccnc1Br. The van der Waals surface area contributed by atoms with Crippen molar-refractivity contribution in [1.29, 1.82) is 0 Å². The van der Waals surface area contributed by atoms with Crippen LogP contribution in [0, 0.1) is 0 Å². The van der Waals surface area contributed by atoms with Crippen LogP contribution in [0.15, 0.2) is 35.1 Å². The van der Waals surface area contributed by atoms with Crippen LogP contribution in [0.1, 0.15) is 6.92 Å². The molecule has 0 unspecified atom stereocenters. The normalized spacial score (nSPS) is 12.7. The lowest BCUT2D eigenvalue weighted by atomic mass is 10.3. The van der Waals surface area contributed by atoms with Gasteiger partial charge < -0.3 is 9.84 Å². The van der Waals surface area contributed by atoms with Gasteiger partial charge in [0.15, 0.2) is 5.75 Å². The molecule has 0 aromatic carbocycles. The Balaban J connectivity index is 2.62. The maximum absolute atomic E-state index is 10.3. The van der Waals surface area contributed by atoms with Gasteiger partial charge in [0, 0.05) is 12.3 Å². The smallest absolute Gasteiger partial charge is 0.328 e. The molecule has 1 N–H and O–H groups in total. The fraction of sp³-hybridized carbons (Fsp3) is 0.200. The average Bonchev–Trinajstić information content (AvgIpc) is 2.18. The molecule has 0 fully saturated rings. The van der Waals surface area contributed by atoms with E-state index in [4.69, 9.17) is 9.84 Å². The standard InChI is InChI=1S/C10H10BrNO3/c1-7(4-5-9(13)14)15-8-3-2-6-12-10(8)11/h2-7H,1H3,(H,13,14)/b5-4+/t7-/m1/s1. The third-order valence-corrected chi connectivity index (χ3v) is 2.14. The van der Waals surface area contributed by atoms with Gasteiger partial charge in [0.25, 0.3) is 0 Å². The second-order valence-electron chi connectivity index (χ2n) is 2.81. The molecule has 4 nitrogen and oxygen atoms in total. The van der Waals surface area contributed by atoms with E-state index < -0.39 is 5.97 Å². The number of carboxylic acids is 1. The van der Waals surface area contributed by atoms with Crippen molar-refractivity contribution in [2.45, 2.75) is 13.0 Å². The molecule has 0 saturated carbocycles. The number of pyridine rings is 1. The minimum Gasteiger partial charge on any atom is -0.484 e. The number of rotatable bonds is 4. The van der Waals surface area contributed by atoms with E-state index in [9.17, 15) is 4.79 Å². The van der Waals surface area contributed by atoms with Crippen molar-refractivity contribution in [3.05, 3.63) is 35.1 Å². The van der Waals surface area contributed by atoms with Gasteiger partial charge in [-0.05, 0) is 41.1 Å². The molecule has 1 aromatic rings. The lowest BCUT2D eigenvalue weighted by Gasteiger charge is -2.10. The summed E-state index contributed by atoms with van der Waals surface area (Å²) in [5, 5.41) is 8.42. The number of hydrogen-bond donors (Lipinski definition) is 1. The first-order valence-corrected chi connectivity index (χ1v) is 5.07. The largest absolute Gasteiger partial charge is 0.484 e. The molecule has 0 saturated heterocycles. The van der Waals surface area contributed by atoms with E-state index in [-0.39, 0.29) is 6.10 Å². The summed E-state index contributed by atoms with van der Waals surface area (Å²) in [7, 11) is 0. The van der Waals surface area contributed by atoms with Gasteiger partial charge in [-0.2, -0.15) is 0 Å². The molecule has 5 heteroatoms. The van der Waals surface area contributed by atoms with E-state index in [1.54, 1.807) is 25.3 Å². The minimum absolute atomic E-state index is 0.318. The summed E-state index contributed by atoms with van der Waals surface area (Å²) < 4.78 is 6.03.